The van der Waals surface area contributed by atoms with Gasteiger partial charge in [-0.3, -0.25) is 0 Å². The molecule has 0 fully saturated rings. The molecule has 1 aromatic carbocycles. The number of hydrogen-bond acceptors (Lipinski definition) is 4. The van der Waals surface area contributed by atoms with E-state index in [9.17, 15) is 17.2 Å². The fourth-order valence-corrected chi connectivity index (χ4v) is 2.59. The first-order chi connectivity index (χ1) is 9.28. The largest absolute Gasteiger partial charge is 0.365 e. The van der Waals surface area contributed by atoms with E-state index in [1.807, 2.05) is 0 Å². The van der Waals surface area contributed by atoms with Gasteiger partial charge in [-0.2, -0.15) is 0 Å². The Hall–Kier alpha value is -1.25. The molecule has 20 heavy (non-hydrogen) atoms. The number of benzene rings is 1. The van der Waals surface area contributed by atoms with Gasteiger partial charge in [0.15, 0.2) is 0 Å². The number of nitrogens with two attached hydrogens (primary N) is 1. The molecule has 0 amide bonds. The summed E-state index contributed by atoms with van der Waals surface area (Å²) >= 11 is 0. The lowest BCUT2D eigenvalue weighted by Crippen LogP contribution is -2.33. The maximum absolute atomic E-state index is 12.5. The molecule has 2 N–H and O–H groups in total. The highest BCUT2D eigenvalue weighted by Crippen LogP contribution is 2.20. The van der Waals surface area contributed by atoms with Crippen LogP contribution in [0.15, 0.2) is 29.2 Å². The number of halogens is 2. The summed E-state index contributed by atoms with van der Waals surface area (Å²) < 4.78 is 49.8. The van der Waals surface area contributed by atoms with Crippen LogP contribution in [0.25, 0.3) is 0 Å². The standard InChI is InChI=1S/C12H19F2N3O2S/c1-16(2)20(18,19)11-5-3-10(4-6-11)17(8-7-15)9-12(13)14/h3-6,12H,7-9,15H2,1-2H3. The zero-order chi connectivity index (χ0) is 15.3. The van der Waals surface area contributed by atoms with E-state index in [0.29, 0.717) is 5.69 Å². The van der Waals surface area contributed by atoms with Crippen LogP contribution in [0, 0.1) is 0 Å². The summed E-state index contributed by atoms with van der Waals surface area (Å²) in [6.07, 6.45) is -2.48. The van der Waals surface area contributed by atoms with Crippen molar-refractivity contribution < 1.29 is 17.2 Å². The number of anilines is 1. The lowest BCUT2D eigenvalue weighted by atomic mass is 10.3. The molecule has 0 aliphatic carbocycles. The fourth-order valence-electron chi connectivity index (χ4n) is 1.69. The molecule has 5 nitrogen and oxygen atoms in total. The Balaban J connectivity index is 2.99. The van der Waals surface area contributed by atoms with Gasteiger partial charge in [-0.25, -0.2) is 21.5 Å². The number of alkyl halides is 2. The highest BCUT2D eigenvalue weighted by Gasteiger charge is 2.18. The number of rotatable bonds is 7. The molecule has 0 spiro atoms. The molecule has 0 unspecified atom stereocenters. The first-order valence-electron chi connectivity index (χ1n) is 6.04. The molecule has 8 heteroatoms. The minimum absolute atomic E-state index is 0.121. The maximum atomic E-state index is 12.5. The Kier molecular flexibility index (Phi) is 5.85. The van der Waals surface area contributed by atoms with Gasteiger partial charge in [-0.05, 0) is 24.3 Å². The summed E-state index contributed by atoms with van der Waals surface area (Å²) in [4.78, 5) is 1.55. The Labute approximate surface area is 118 Å². The predicted octanol–water partition coefficient (Wildman–Crippen LogP) is 0.967. The molecule has 0 aliphatic heterocycles. The van der Waals surface area contributed by atoms with Crippen LogP contribution in [0.4, 0.5) is 14.5 Å². The van der Waals surface area contributed by atoms with E-state index in [4.69, 9.17) is 5.73 Å². The first kappa shape index (κ1) is 16.8. The number of hydrogen-bond donors (Lipinski definition) is 1. The van der Waals surface area contributed by atoms with Gasteiger partial charge >= 0.3 is 0 Å². The Morgan fingerprint density at radius 3 is 2.15 bits per heavy atom. The van der Waals surface area contributed by atoms with E-state index in [0.717, 1.165) is 4.31 Å². The molecule has 1 aromatic rings. The molecule has 0 bridgehead atoms. The quantitative estimate of drug-likeness (QED) is 0.815. The van der Waals surface area contributed by atoms with Crippen LogP contribution < -0.4 is 10.6 Å². The van der Waals surface area contributed by atoms with E-state index >= 15 is 0 Å². The van der Waals surface area contributed by atoms with E-state index in [-0.39, 0.29) is 18.0 Å². The van der Waals surface area contributed by atoms with Gasteiger partial charge in [-0.15, -0.1) is 0 Å². The van der Waals surface area contributed by atoms with Crippen molar-refractivity contribution in [3.63, 3.8) is 0 Å². The van der Waals surface area contributed by atoms with E-state index < -0.39 is 23.0 Å². The van der Waals surface area contributed by atoms with Gasteiger partial charge in [0.25, 0.3) is 6.43 Å². The average Bonchev–Trinajstić information content (AvgIpc) is 2.37. The SMILES string of the molecule is CN(C)S(=O)(=O)c1ccc(N(CCN)CC(F)F)cc1. The summed E-state index contributed by atoms with van der Waals surface area (Å²) in [6, 6.07) is 5.82. The molecule has 0 aliphatic rings. The van der Waals surface area contributed by atoms with Crippen LogP contribution in [0.3, 0.4) is 0 Å². The topological polar surface area (TPSA) is 66.6 Å². The van der Waals surface area contributed by atoms with Crippen molar-refractivity contribution in [1.82, 2.24) is 4.31 Å². The molecular formula is C12H19F2N3O2S. The van der Waals surface area contributed by atoms with Crippen molar-refractivity contribution in [2.75, 3.05) is 38.6 Å². The molecule has 0 atom stereocenters. The monoisotopic (exact) mass is 307 g/mol. The summed E-state index contributed by atoms with van der Waals surface area (Å²) in [7, 11) is -0.650. The van der Waals surface area contributed by atoms with Crippen molar-refractivity contribution in [3.8, 4) is 0 Å². The molecule has 0 saturated carbocycles. The molecule has 0 aromatic heterocycles. The second-order valence-electron chi connectivity index (χ2n) is 4.41. The predicted molar refractivity (Wildman–Crippen MR) is 74.6 cm³/mol. The first-order valence-corrected chi connectivity index (χ1v) is 7.48. The lowest BCUT2D eigenvalue weighted by Gasteiger charge is -2.24. The Morgan fingerprint density at radius 1 is 1.20 bits per heavy atom. The molecule has 1 rings (SSSR count). The van der Waals surface area contributed by atoms with Crippen molar-refractivity contribution in [1.29, 1.82) is 0 Å². The van der Waals surface area contributed by atoms with Crippen LogP contribution in [0.5, 0.6) is 0 Å². The number of nitrogens with zero attached hydrogens (tertiary/aromatic N) is 2. The molecule has 0 radical (unpaired) electrons. The molecular weight excluding hydrogens is 288 g/mol. The Bertz CT molecular complexity index is 518. The molecule has 0 saturated heterocycles. The van der Waals surface area contributed by atoms with Gasteiger partial charge in [-0.1, -0.05) is 0 Å². The van der Waals surface area contributed by atoms with Crippen molar-refractivity contribution in [3.05, 3.63) is 24.3 Å². The highest BCUT2D eigenvalue weighted by molar-refractivity contribution is 7.89. The maximum Gasteiger partial charge on any atom is 0.255 e. The van der Waals surface area contributed by atoms with Gasteiger partial charge in [0.1, 0.15) is 0 Å². The lowest BCUT2D eigenvalue weighted by molar-refractivity contribution is 0.155. The van der Waals surface area contributed by atoms with Gasteiger partial charge in [0.05, 0.1) is 11.4 Å². The summed E-state index contributed by atoms with van der Waals surface area (Å²) in [5, 5.41) is 0. The highest BCUT2D eigenvalue weighted by atomic mass is 32.2. The van der Waals surface area contributed by atoms with Crippen molar-refractivity contribution in [2.24, 2.45) is 5.73 Å². The second-order valence-corrected chi connectivity index (χ2v) is 6.56. The van der Waals surface area contributed by atoms with Gasteiger partial charge < -0.3 is 10.6 Å². The van der Waals surface area contributed by atoms with Gasteiger partial charge in [0.2, 0.25) is 10.0 Å². The normalized spacial score (nSPS) is 12.2. The van der Waals surface area contributed by atoms with Crippen LogP contribution in [-0.2, 0) is 10.0 Å². The third-order valence-corrected chi connectivity index (χ3v) is 4.57. The average molecular weight is 307 g/mol. The third-order valence-electron chi connectivity index (χ3n) is 2.74. The van der Waals surface area contributed by atoms with Crippen LogP contribution in [-0.4, -0.2) is 52.9 Å². The van der Waals surface area contributed by atoms with Crippen LogP contribution in [0.2, 0.25) is 0 Å². The van der Waals surface area contributed by atoms with E-state index in [2.05, 4.69) is 0 Å². The smallest absolute Gasteiger partial charge is 0.255 e. The minimum atomic E-state index is -3.51. The summed E-state index contributed by atoms with van der Waals surface area (Å²) in [5.41, 5.74) is 5.91. The van der Waals surface area contributed by atoms with Crippen LogP contribution >= 0.6 is 0 Å². The van der Waals surface area contributed by atoms with E-state index in [1.165, 1.54) is 43.3 Å². The van der Waals surface area contributed by atoms with Crippen LogP contribution in [0.1, 0.15) is 0 Å². The van der Waals surface area contributed by atoms with Gasteiger partial charge in [0, 0.05) is 32.9 Å². The molecule has 114 valence electrons. The summed E-state index contributed by atoms with van der Waals surface area (Å²) in [5.74, 6) is 0. The van der Waals surface area contributed by atoms with Crippen molar-refractivity contribution in [2.45, 2.75) is 11.3 Å². The minimum Gasteiger partial charge on any atom is -0.365 e. The fraction of sp³-hybridized carbons (Fsp3) is 0.500. The summed E-state index contributed by atoms with van der Waals surface area (Å²) in [6.45, 7) is 0.0889. The zero-order valence-corrected chi connectivity index (χ0v) is 12.3. The van der Waals surface area contributed by atoms with Crippen molar-refractivity contribution >= 4 is 15.7 Å². The zero-order valence-electron chi connectivity index (χ0n) is 11.5. The number of sulfonamides is 1. The molecule has 0 heterocycles. The van der Waals surface area contributed by atoms with E-state index in [1.54, 1.807) is 0 Å². The Morgan fingerprint density at radius 2 is 1.75 bits per heavy atom. The second kappa shape index (κ2) is 6.96. The third kappa shape index (κ3) is 4.12.